The van der Waals surface area contributed by atoms with Crippen molar-refractivity contribution in [2.75, 3.05) is 7.11 Å². The Morgan fingerprint density at radius 2 is 2.17 bits per heavy atom. The van der Waals surface area contributed by atoms with Crippen LogP contribution in [0.1, 0.15) is 5.69 Å². The van der Waals surface area contributed by atoms with Crippen molar-refractivity contribution in [1.29, 1.82) is 0 Å². The summed E-state index contributed by atoms with van der Waals surface area (Å²) in [5.74, 6) is 0.288. The first-order valence-electron chi connectivity index (χ1n) is 5.00. The molecule has 0 unspecified atom stereocenters. The zero-order valence-corrected chi connectivity index (χ0v) is 10.9. The Labute approximate surface area is 113 Å². The minimum atomic E-state index is -0.292. The summed E-state index contributed by atoms with van der Waals surface area (Å²) in [4.78, 5) is 22.3. The second-order valence-corrected chi connectivity index (χ2v) is 4.35. The van der Waals surface area contributed by atoms with Gasteiger partial charge in [0.2, 0.25) is 0 Å². The van der Waals surface area contributed by atoms with Crippen LogP contribution in [0.15, 0.2) is 23.1 Å². The summed E-state index contributed by atoms with van der Waals surface area (Å²) in [5.41, 5.74) is 0.583. The van der Waals surface area contributed by atoms with E-state index in [-0.39, 0.29) is 18.0 Å². The highest BCUT2D eigenvalue weighted by atomic mass is 35.5. The second-order valence-electron chi connectivity index (χ2n) is 3.50. The van der Waals surface area contributed by atoms with E-state index in [1.165, 1.54) is 25.4 Å². The van der Waals surface area contributed by atoms with Gasteiger partial charge in [-0.3, -0.25) is 4.79 Å². The molecular weight excluding hydrogens is 277 g/mol. The second kappa shape index (κ2) is 5.48. The first kappa shape index (κ1) is 13.0. The van der Waals surface area contributed by atoms with Crippen molar-refractivity contribution in [2.45, 2.75) is 6.61 Å². The number of aromatic amines is 1. The minimum absolute atomic E-state index is 0.238. The van der Waals surface area contributed by atoms with E-state index in [0.29, 0.717) is 21.4 Å². The first-order chi connectivity index (χ1) is 8.60. The largest absolute Gasteiger partial charge is 0.378 e. The van der Waals surface area contributed by atoms with Crippen LogP contribution in [-0.4, -0.2) is 22.1 Å². The third-order valence-corrected chi connectivity index (χ3v) is 2.61. The van der Waals surface area contributed by atoms with E-state index in [1.807, 2.05) is 0 Å². The predicted octanol–water partition coefficient (Wildman–Crippen LogP) is 2.29. The molecule has 2 heterocycles. The van der Waals surface area contributed by atoms with E-state index in [9.17, 15) is 4.79 Å². The summed E-state index contributed by atoms with van der Waals surface area (Å²) < 4.78 is 4.93. The van der Waals surface area contributed by atoms with E-state index < -0.39 is 0 Å². The molecule has 2 aromatic heterocycles. The molecule has 2 rings (SSSR count). The molecule has 0 aliphatic heterocycles. The standard InChI is InChI=1S/C11H9Cl2N3O2/c1-18-5-7-3-9(17)16-11(15-7)10-8(13)2-6(12)4-14-10/h2-4H,5H2,1H3,(H,15,16,17). The molecule has 2 aromatic rings. The van der Waals surface area contributed by atoms with Gasteiger partial charge in [0.15, 0.2) is 5.82 Å². The Morgan fingerprint density at radius 3 is 2.83 bits per heavy atom. The topological polar surface area (TPSA) is 67.9 Å². The molecule has 0 aliphatic rings. The van der Waals surface area contributed by atoms with Gasteiger partial charge in [0, 0.05) is 19.4 Å². The lowest BCUT2D eigenvalue weighted by atomic mass is 10.3. The summed E-state index contributed by atoms with van der Waals surface area (Å²) in [6, 6.07) is 2.89. The van der Waals surface area contributed by atoms with Crippen LogP contribution >= 0.6 is 23.2 Å². The van der Waals surface area contributed by atoms with Crippen LogP contribution in [0, 0.1) is 0 Å². The number of nitrogens with zero attached hydrogens (tertiary/aromatic N) is 2. The third kappa shape index (κ3) is 2.87. The monoisotopic (exact) mass is 285 g/mol. The number of hydrogen-bond donors (Lipinski definition) is 1. The molecule has 18 heavy (non-hydrogen) atoms. The Balaban J connectivity index is 2.53. The molecule has 0 aromatic carbocycles. The lowest BCUT2D eigenvalue weighted by molar-refractivity contribution is 0.181. The van der Waals surface area contributed by atoms with Gasteiger partial charge < -0.3 is 9.72 Å². The van der Waals surface area contributed by atoms with Crippen LogP contribution in [0.25, 0.3) is 11.5 Å². The summed E-state index contributed by atoms with van der Waals surface area (Å²) in [7, 11) is 1.52. The van der Waals surface area contributed by atoms with E-state index >= 15 is 0 Å². The van der Waals surface area contributed by atoms with Crippen molar-refractivity contribution in [3.05, 3.63) is 44.4 Å². The van der Waals surface area contributed by atoms with E-state index in [2.05, 4.69) is 15.0 Å². The number of ether oxygens (including phenoxy) is 1. The smallest absolute Gasteiger partial charge is 0.251 e. The van der Waals surface area contributed by atoms with E-state index in [4.69, 9.17) is 27.9 Å². The fourth-order valence-electron chi connectivity index (χ4n) is 1.43. The predicted molar refractivity (Wildman–Crippen MR) is 68.8 cm³/mol. The maximum Gasteiger partial charge on any atom is 0.251 e. The maximum absolute atomic E-state index is 11.5. The first-order valence-corrected chi connectivity index (χ1v) is 5.76. The Bertz CT molecular complexity index is 628. The average Bonchev–Trinajstić information content (AvgIpc) is 2.28. The Kier molecular flexibility index (Phi) is 3.96. The van der Waals surface area contributed by atoms with E-state index in [1.54, 1.807) is 0 Å². The zero-order chi connectivity index (χ0) is 13.1. The van der Waals surface area contributed by atoms with Crippen LogP contribution < -0.4 is 5.56 Å². The molecule has 0 atom stereocenters. The summed E-state index contributed by atoms with van der Waals surface area (Å²) in [6.07, 6.45) is 1.44. The third-order valence-electron chi connectivity index (χ3n) is 2.12. The fourth-order valence-corrected chi connectivity index (χ4v) is 1.90. The van der Waals surface area contributed by atoms with Gasteiger partial charge in [-0.25, -0.2) is 9.97 Å². The Morgan fingerprint density at radius 1 is 1.39 bits per heavy atom. The fraction of sp³-hybridized carbons (Fsp3) is 0.182. The molecule has 7 heteroatoms. The van der Waals surface area contributed by atoms with Crippen LogP contribution in [0.2, 0.25) is 10.0 Å². The molecule has 0 radical (unpaired) electrons. The van der Waals surface area contributed by atoms with Crippen LogP contribution in [0.3, 0.4) is 0 Å². The van der Waals surface area contributed by atoms with Crippen molar-refractivity contribution < 1.29 is 4.74 Å². The molecule has 0 spiro atoms. The van der Waals surface area contributed by atoms with Gasteiger partial charge in [0.05, 0.1) is 22.3 Å². The van der Waals surface area contributed by atoms with Gasteiger partial charge in [0.1, 0.15) is 5.69 Å². The molecule has 0 bridgehead atoms. The number of rotatable bonds is 3. The number of nitrogens with one attached hydrogen (secondary N) is 1. The van der Waals surface area contributed by atoms with Crippen molar-refractivity contribution in [3.8, 4) is 11.5 Å². The maximum atomic E-state index is 11.5. The van der Waals surface area contributed by atoms with Gasteiger partial charge >= 0.3 is 0 Å². The quantitative estimate of drug-likeness (QED) is 0.940. The molecule has 1 N–H and O–H groups in total. The van der Waals surface area contributed by atoms with Gasteiger partial charge in [0.25, 0.3) is 5.56 Å². The van der Waals surface area contributed by atoms with Crippen LogP contribution in [0.5, 0.6) is 0 Å². The van der Waals surface area contributed by atoms with Crippen LogP contribution in [-0.2, 0) is 11.3 Å². The number of halogens is 2. The van der Waals surface area contributed by atoms with Crippen molar-refractivity contribution in [3.63, 3.8) is 0 Å². The van der Waals surface area contributed by atoms with Gasteiger partial charge in [-0.1, -0.05) is 23.2 Å². The van der Waals surface area contributed by atoms with Gasteiger partial charge in [-0.15, -0.1) is 0 Å². The molecule has 5 nitrogen and oxygen atoms in total. The molecular formula is C11H9Cl2N3O2. The molecule has 0 fully saturated rings. The minimum Gasteiger partial charge on any atom is -0.378 e. The summed E-state index contributed by atoms with van der Waals surface area (Å²) in [5, 5.41) is 0.736. The average molecular weight is 286 g/mol. The molecule has 0 amide bonds. The van der Waals surface area contributed by atoms with Crippen molar-refractivity contribution >= 4 is 23.2 Å². The van der Waals surface area contributed by atoms with Gasteiger partial charge in [-0.2, -0.15) is 0 Å². The number of aromatic nitrogens is 3. The summed E-state index contributed by atoms with van der Waals surface area (Å²) >= 11 is 11.8. The lowest BCUT2D eigenvalue weighted by Crippen LogP contribution is -2.11. The highest BCUT2D eigenvalue weighted by Crippen LogP contribution is 2.24. The molecule has 94 valence electrons. The SMILES string of the molecule is COCc1cc(=O)[nH]c(-c2ncc(Cl)cc2Cl)n1. The molecule has 0 saturated carbocycles. The normalized spacial score (nSPS) is 10.6. The Hall–Kier alpha value is -1.43. The molecule has 0 aliphatic carbocycles. The highest BCUT2D eigenvalue weighted by Gasteiger charge is 2.10. The number of H-pyrrole nitrogens is 1. The lowest BCUT2D eigenvalue weighted by Gasteiger charge is -2.05. The summed E-state index contributed by atoms with van der Waals surface area (Å²) in [6.45, 7) is 0.238. The van der Waals surface area contributed by atoms with Crippen molar-refractivity contribution in [1.82, 2.24) is 15.0 Å². The molecule has 0 saturated heterocycles. The van der Waals surface area contributed by atoms with Gasteiger partial charge in [-0.05, 0) is 6.07 Å². The number of pyridine rings is 1. The zero-order valence-electron chi connectivity index (χ0n) is 9.41. The highest BCUT2D eigenvalue weighted by molar-refractivity contribution is 6.35. The van der Waals surface area contributed by atoms with Crippen LogP contribution in [0.4, 0.5) is 0 Å². The van der Waals surface area contributed by atoms with Crippen molar-refractivity contribution in [2.24, 2.45) is 0 Å². The van der Waals surface area contributed by atoms with E-state index in [0.717, 1.165) is 0 Å². The number of methoxy groups -OCH3 is 1. The number of hydrogen-bond acceptors (Lipinski definition) is 4.